The first-order valence-corrected chi connectivity index (χ1v) is 9.03. The van der Waals surface area contributed by atoms with Crippen LogP contribution in [-0.4, -0.2) is 48.1 Å². The van der Waals surface area contributed by atoms with E-state index in [0.29, 0.717) is 6.10 Å². The molecule has 1 saturated carbocycles. The molecule has 0 bridgehead atoms. The quantitative estimate of drug-likeness (QED) is 0.835. The SMILES string of the molecule is Cc1noc(C)c1CN1CCC2(CC1)C[C@H](OCC1CC1)CO2. The van der Waals surface area contributed by atoms with Crippen molar-refractivity contribution in [3.05, 3.63) is 17.0 Å². The van der Waals surface area contributed by atoms with Gasteiger partial charge in [-0.05, 0) is 45.4 Å². The van der Waals surface area contributed by atoms with Crippen LogP contribution in [0.2, 0.25) is 0 Å². The third-order valence-electron chi connectivity index (χ3n) is 5.77. The van der Waals surface area contributed by atoms with Gasteiger partial charge in [0.05, 0.1) is 24.0 Å². The van der Waals surface area contributed by atoms with Crippen LogP contribution in [0, 0.1) is 19.8 Å². The van der Waals surface area contributed by atoms with Crippen LogP contribution in [-0.2, 0) is 16.0 Å². The van der Waals surface area contributed by atoms with E-state index in [2.05, 4.69) is 10.1 Å². The first kappa shape index (κ1) is 15.6. The minimum atomic E-state index is 0.0729. The topological polar surface area (TPSA) is 47.7 Å². The molecule has 2 aliphatic heterocycles. The molecule has 1 atom stereocenters. The summed E-state index contributed by atoms with van der Waals surface area (Å²) >= 11 is 0. The van der Waals surface area contributed by atoms with E-state index in [9.17, 15) is 0 Å². The summed E-state index contributed by atoms with van der Waals surface area (Å²) in [4.78, 5) is 2.50. The van der Waals surface area contributed by atoms with Gasteiger partial charge in [0.1, 0.15) is 5.76 Å². The summed E-state index contributed by atoms with van der Waals surface area (Å²) in [6, 6.07) is 0. The van der Waals surface area contributed by atoms with E-state index in [1.54, 1.807) is 0 Å². The van der Waals surface area contributed by atoms with Gasteiger partial charge in [-0.1, -0.05) is 5.16 Å². The second-order valence-corrected chi connectivity index (χ2v) is 7.68. The average Bonchev–Trinajstić information content (AvgIpc) is 3.24. The molecule has 4 rings (SSSR count). The lowest BCUT2D eigenvalue weighted by atomic mass is 9.87. The molecule has 1 spiro atoms. The van der Waals surface area contributed by atoms with Gasteiger partial charge in [-0.2, -0.15) is 0 Å². The first-order valence-electron chi connectivity index (χ1n) is 9.03. The lowest BCUT2D eigenvalue weighted by Gasteiger charge is -2.38. The Morgan fingerprint density at radius 1 is 1.26 bits per heavy atom. The van der Waals surface area contributed by atoms with Gasteiger partial charge >= 0.3 is 0 Å². The second kappa shape index (κ2) is 6.19. The minimum Gasteiger partial charge on any atom is -0.375 e. The van der Waals surface area contributed by atoms with Gasteiger partial charge in [-0.25, -0.2) is 0 Å². The number of ether oxygens (including phenoxy) is 2. The molecular formula is C18H28N2O3. The molecule has 3 aliphatic rings. The third-order valence-corrected chi connectivity index (χ3v) is 5.77. The number of piperidine rings is 1. The van der Waals surface area contributed by atoms with E-state index in [0.717, 1.165) is 69.5 Å². The summed E-state index contributed by atoms with van der Waals surface area (Å²) < 4.78 is 17.5. The third kappa shape index (κ3) is 3.47. The summed E-state index contributed by atoms with van der Waals surface area (Å²) in [5.41, 5.74) is 2.34. The van der Waals surface area contributed by atoms with E-state index in [-0.39, 0.29) is 5.60 Å². The molecule has 5 nitrogen and oxygen atoms in total. The maximum absolute atomic E-state index is 6.20. The Balaban J connectivity index is 1.27. The fraction of sp³-hybridized carbons (Fsp3) is 0.833. The molecule has 0 unspecified atom stereocenters. The number of hydrogen-bond acceptors (Lipinski definition) is 5. The van der Waals surface area contributed by atoms with E-state index in [1.165, 1.54) is 18.4 Å². The standard InChI is InChI=1S/C18H28N2O3/c1-13-17(14(2)23-19-13)10-20-7-5-18(6-8-20)9-16(12-22-18)21-11-15-3-4-15/h15-16H,3-12H2,1-2H3/t16-/m0/s1. The van der Waals surface area contributed by atoms with Crippen molar-refractivity contribution >= 4 is 0 Å². The maximum atomic E-state index is 6.20. The Morgan fingerprint density at radius 3 is 2.70 bits per heavy atom. The van der Waals surface area contributed by atoms with Gasteiger partial charge in [0.15, 0.2) is 0 Å². The number of hydrogen-bond donors (Lipinski definition) is 0. The summed E-state index contributed by atoms with van der Waals surface area (Å²) in [7, 11) is 0. The number of nitrogens with zero attached hydrogens (tertiary/aromatic N) is 2. The lowest BCUT2D eigenvalue weighted by molar-refractivity contribution is -0.0467. The molecular weight excluding hydrogens is 292 g/mol. The molecule has 1 aromatic heterocycles. The highest BCUT2D eigenvalue weighted by Gasteiger charge is 2.43. The van der Waals surface area contributed by atoms with Crippen molar-refractivity contribution in [1.29, 1.82) is 0 Å². The van der Waals surface area contributed by atoms with Gasteiger partial charge in [-0.15, -0.1) is 0 Å². The highest BCUT2D eigenvalue weighted by atomic mass is 16.6. The van der Waals surface area contributed by atoms with Gasteiger partial charge in [-0.3, -0.25) is 4.90 Å². The molecule has 0 aromatic carbocycles. The Morgan fingerprint density at radius 2 is 2.04 bits per heavy atom. The van der Waals surface area contributed by atoms with Crippen LogP contribution in [0.3, 0.4) is 0 Å². The predicted octanol–water partition coefficient (Wildman–Crippen LogP) is 2.84. The highest BCUT2D eigenvalue weighted by Crippen LogP contribution is 2.38. The molecule has 0 amide bonds. The smallest absolute Gasteiger partial charge is 0.138 e. The summed E-state index contributed by atoms with van der Waals surface area (Å²) in [5.74, 6) is 1.79. The van der Waals surface area contributed by atoms with Crippen LogP contribution in [0.5, 0.6) is 0 Å². The largest absolute Gasteiger partial charge is 0.375 e. The molecule has 23 heavy (non-hydrogen) atoms. The molecule has 3 heterocycles. The lowest BCUT2D eigenvalue weighted by Crippen LogP contribution is -2.44. The van der Waals surface area contributed by atoms with E-state index in [1.807, 2.05) is 13.8 Å². The Labute approximate surface area is 138 Å². The van der Waals surface area contributed by atoms with E-state index >= 15 is 0 Å². The minimum absolute atomic E-state index is 0.0729. The molecule has 1 aliphatic carbocycles. The second-order valence-electron chi connectivity index (χ2n) is 7.68. The first-order chi connectivity index (χ1) is 11.1. The van der Waals surface area contributed by atoms with Gasteiger partial charge in [0.25, 0.3) is 0 Å². The van der Waals surface area contributed by atoms with Crippen molar-refractivity contribution in [2.45, 2.75) is 64.2 Å². The van der Waals surface area contributed by atoms with Gasteiger partial charge < -0.3 is 14.0 Å². The van der Waals surface area contributed by atoms with Crippen molar-refractivity contribution < 1.29 is 14.0 Å². The Kier molecular flexibility index (Phi) is 4.20. The number of aryl methyl sites for hydroxylation is 2. The van der Waals surface area contributed by atoms with Crippen molar-refractivity contribution in [3.8, 4) is 0 Å². The zero-order valence-corrected chi connectivity index (χ0v) is 14.3. The van der Waals surface area contributed by atoms with Crippen molar-refractivity contribution in [2.24, 2.45) is 5.92 Å². The summed E-state index contributed by atoms with van der Waals surface area (Å²) in [6.07, 6.45) is 6.34. The molecule has 1 aromatic rings. The molecule has 3 fully saturated rings. The van der Waals surface area contributed by atoms with Crippen LogP contribution < -0.4 is 0 Å². The van der Waals surface area contributed by atoms with Crippen LogP contribution in [0.25, 0.3) is 0 Å². The zero-order chi connectivity index (χ0) is 15.9. The number of likely N-dealkylation sites (tertiary alicyclic amines) is 1. The highest BCUT2D eigenvalue weighted by molar-refractivity contribution is 5.20. The Bertz CT molecular complexity index is 525. The molecule has 5 heteroatoms. The molecule has 128 valence electrons. The molecule has 0 N–H and O–H groups in total. The van der Waals surface area contributed by atoms with Crippen LogP contribution in [0.15, 0.2) is 4.52 Å². The Hall–Kier alpha value is -0.910. The number of rotatable bonds is 5. The van der Waals surface area contributed by atoms with Crippen LogP contribution in [0.1, 0.15) is 49.1 Å². The van der Waals surface area contributed by atoms with Crippen molar-refractivity contribution in [1.82, 2.24) is 10.1 Å². The normalized spacial score (nSPS) is 27.8. The van der Waals surface area contributed by atoms with E-state index in [4.69, 9.17) is 14.0 Å². The number of aromatic nitrogens is 1. The fourth-order valence-electron chi connectivity index (χ4n) is 3.88. The zero-order valence-electron chi connectivity index (χ0n) is 14.3. The van der Waals surface area contributed by atoms with Crippen molar-refractivity contribution in [2.75, 3.05) is 26.3 Å². The molecule has 2 saturated heterocycles. The maximum Gasteiger partial charge on any atom is 0.138 e. The van der Waals surface area contributed by atoms with Gasteiger partial charge in [0.2, 0.25) is 0 Å². The van der Waals surface area contributed by atoms with Crippen LogP contribution in [0.4, 0.5) is 0 Å². The summed E-state index contributed by atoms with van der Waals surface area (Å²) in [5, 5.41) is 4.06. The predicted molar refractivity (Wildman–Crippen MR) is 86.3 cm³/mol. The average molecular weight is 320 g/mol. The van der Waals surface area contributed by atoms with Crippen molar-refractivity contribution in [3.63, 3.8) is 0 Å². The monoisotopic (exact) mass is 320 g/mol. The van der Waals surface area contributed by atoms with Crippen LogP contribution >= 0.6 is 0 Å². The van der Waals surface area contributed by atoms with Gasteiger partial charge in [0, 0.05) is 38.2 Å². The fourth-order valence-corrected chi connectivity index (χ4v) is 3.88. The summed E-state index contributed by atoms with van der Waals surface area (Å²) in [6.45, 7) is 8.87. The van der Waals surface area contributed by atoms with E-state index < -0.39 is 0 Å². The molecule has 0 radical (unpaired) electrons.